The second-order valence-electron chi connectivity index (χ2n) is 4.49. The molecule has 0 spiro atoms. The third kappa shape index (κ3) is 3.79. The second-order valence-corrected chi connectivity index (χ2v) is 4.49. The highest BCUT2D eigenvalue weighted by Gasteiger charge is 1.98. The molecule has 0 amide bonds. The third-order valence-corrected chi connectivity index (χ3v) is 2.95. The minimum atomic E-state index is 0.668. The van der Waals surface area contributed by atoms with Gasteiger partial charge in [0.05, 0.1) is 12.2 Å². The Labute approximate surface area is 123 Å². The molecule has 2 aromatic carbocycles. The fourth-order valence-electron chi connectivity index (χ4n) is 1.88. The molecule has 0 aliphatic heterocycles. The van der Waals surface area contributed by atoms with Crippen LogP contribution >= 0.6 is 0 Å². The van der Waals surface area contributed by atoms with Crippen molar-refractivity contribution in [2.45, 2.75) is 6.54 Å². The van der Waals surface area contributed by atoms with Crippen molar-refractivity contribution < 1.29 is 4.74 Å². The molecule has 0 fully saturated rings. The van der Waals surface area contributed by atoms with Crippen LogP contribution in [0.1, 0.15) is 5.69 Å². The summed E-state index contributed by atoms with van der Waals surface area (Å²) in [5.41, 5.74) is 1.98. The van der Waals surface area contributed by atoms with Crippen molar-refractivity contribution in [3.05, 3.63) is 78.9 Å². The lowest BCUT2D eigenvalue weighted by atomic mass is 10.3. The van der Waals surface area contributed by atoms with Crippen LogP contribution in [0.3, 0.4) is 0 Å². The number of aromatic nitrogens is 2. The zero-order valence-corrected chi connectivity index (χ0v) is 11.4. The van der Waals surface area contributed by atoms with Gasteiger partial charge in [0.15, 0.2) is 0 Å². The van der Waals surface area contributed by atoms with Gasteiger partial charge in [-0.15, -0.1) is 0 Å². The molecular weight excluding hydrogens is 262 g/mol. The van der Waals surface area contributed by atoms with Gasteiger partial charge in [-0.1, -0.05) is 18.2 Å². The van der Waals surface area contributed by atoms with E-state index in [-0.39, 0.29) is 0 Å². The Balaban J connectivity index is 1.59. The van der Waals surface area contributed by atoms with Crippen LogP contribution in [0.25, 0.3) is 0 Å². The number of nitrogens with zero attached hydrogens (tertiary/aromatic N) is 2. The summed E-state index contributed by atoms with van der Waals surface area (Å²) < 4.78 is 5.75. The Morgan fingerprint density at radius 2 is 1.62 bits per heavy atom. The summed E-state index contributed by atoms with van der Waals surface area (Å²) in [6, 6.07) is 19.5. The zero-order valence-electron chi connectivity index (χ0n) is 11.4. The van der Waals surface area contributed by atoms with Gasteiger partial charge in [0.25, 0.3) is 0 Å². The van der Waals surface area contributed by atoms with Gasteiger partial charge in [0, 0.05) is 11.9 Å². The quantitative estimate of drug-likeness (QED) is 0.768. The molecule has 104 valence electrons. The van der Waals surface area contributed by atoms with Crippen LogP contribution in [0.15, 0.2) is 73.2 Å². The number of benzene rings is 2. The van der Waals surface area contributed by atoms with E-state index in [1.54, 1.807) is 12.5 Å². The maximum Gasteiger partial charge on any atom is 0.127 e. The van der Waals surface area contributed by atoms with E-state index in [2.05, 4.69) is 15.3 Å². The Morgan fingerprint density at radius 1 is 0.857 bits per heavy atom. The number of anilines is 1. The monoisotopic (exact) mass is 277 g/mol. The maximum absolute atomic E-state index is 5.75. The van der Waals surface area contributed by atoms with E-state index < -0.39 is 0 Å². The van der Waals surface area contributed by atoms with Gasteiger partial charge in [-0.25, -0.2) is 9.97 Å². The normalized spacial score (nSPS) is 10.1. The van der Waals surface area contributed by atoms with Crippen LogP contribution in [-0.4, -0.2) is 9.97 Å². The van der Waals surface area contributed by atoms with Gasteiger partial charge < -0.3 is 10.1 Å². The number of hydrogen-bond acceptors (Lipinski definition) is 4. The molecule has 3 rings (SSSR count). The summed E-state index contributed by atoms with van der Waals surface area (Å²) in [5.74, 6) is 1.65. The molecule has 4 heteroatoms. The molecule has 0 aliphatic rings. The van der Waals surface area contributed by atoms with E-state index in [4.69, 9.17) is 4.74 Å². The SMILES string of the molecule is c1ccc(Oc2ccc(NCc3ccncn3)cc2)cc1. The molecule has 0 saturated carbocycles. The van der Waals surface area contributed by atoms with E-state index >= 15 is 0 Å². The van der Waals surface area contributed by atoms with Crippen LogP contribution < -0.4 is 10.1 Å². The first-order valence-corrected chi connectivity index (χ1v) is 6.72. The number of hydrogen-bond donors (Lipinski definition) is 1. The first-order valence-electron chi connectivity index (χ1n) is 6.72. The van der Waals surface area contributed by atoms with Crippen molar-refractivity contribution in [3.8, 4) is 11.5 Å². The predicted molar refractivity (Wildman–Crippen MR) is 82.3 cm³/mol. The van der Waals surface area contributed by atoms with Gasteiger partial charge in [-0.2, -0.15) is 0 Å². The Morgan fingerprint density at radius 3 is 2.33 bits per heavy atom. The van der Waals surface area contributed by atoms with Crippen LogP contribution in [0.4, 0.5) is 5.69 Å². The van der Waals surface area contributed by atoms with Gasteiger partial charge in [-0.05, 0) is 42.5 Å². The van der Waals surface area contributed by atoms with Gasteiger partial charge in [0.1, 0.15) is 17.8 Å². The topological polar surface area (TPSA) is 47.0 Å². The van der Waals surface area contributed by atoms with E-state index in [0.717, 1.165) is 22.9 Å². The lowest BCUT2D eigenvalue weighted by Crippen LogP contribution is -2.01. The molecule has 1 aromatic heterocycles. The van der Waals surface area contributed by atoms with Crippen molar-refractivity contribution >= 4 is 5.69 Å². The number of ether oxygens (including phenoxy) is 1. The molecule has 0 radical (unpaired) electrons. The Hall–Kier alpha value is -2.88. The molecule has 0 saturated heterocycles. The molecule has 0 unspecified atom stereocenters. The molecular formula is C17H15N3O. The fourth-order valence-corrected chi connectivity index (χ4v) is 1.88. The molecule has 0 atom stereocenters. The van der Waals surface area contributed by atoms with Crippen molar-refractivity contribution in [3.63, 3.8) is 0 Å². The summed E-state index contributed by atoms with van der Waals surface area (Å²) >= 11 is 0. The molecule has 4 nitrogen and oxygen atoms in total. The summed E-state index contributed by atoms with van der Waals surface area (Å²) in [4.78, 5) is 8.07. The Kier molecular flexibility index (Phi) is 4.07. The summed E-state index contributed by atoms with van der Waals surface area (Å²) in [6.07, 6.45) is 3.29. The number of para-hydroxylation sites is 1. The fraction of sp³-hybridized carbons (Fsp3) is 0.0588. The average Bonchev–Trinajstić information content (AvgIpc) is 2.56. The van der Waals surface area contributed by atoms with Gasteiger partial charge in [0.2, 0.25) is 0 Å². The molecule has 21 heavy (non-hydrogen) atoms. The first kappa shape index (κ1) is 13.1. The smallest absolute Gasteiger partial charge is 0.127 e. The Bertz CT molecular complexity index is 669. The second kappa shape index (κ2) is 6.52. The highest BCUT2D eigenvalue weighted by Crippen LogP contribution is 2.22. The van der Waals surface area contributed by atoms with Gasteiger partial charge in [-0.3, -0.25) is 0 Å². The van der Waals surface area contributed by atoms with E-state index in [1.165, 1.54) is 0 Å². The average molecular weight is 277 g/mol. The van der Waals surface area contributed by atoms with E-state index in [9.17, 15) is 0 Å². The predicted octanol–water partition coefficient (Wildman–Crippen LogP) is 3.88. The van der Waals surface area contributed by atoms with Crippen molar-refractivity contribution in [1.82, 2.24) is 9.97 Å². The largest absolute Gasteiger partial charge is 0.457 e. The van der Waals surface area contributed by atoms with Crippen molar-refractivity contribution in [2.75, 3.05) is 5.32 Å². The molecule has 1 N–H and O–H groups in total. The summed E-state index contributed by atoms with van der Waals surface area (Å²) in [7, 11) is 0. The van der Waals surface area contributed by atoms with E-state index in [1.807, 2.05) is 60.7 Å². The highest BCUT2D eigenvalue weighted by atomic mass is 16.5. The minimum Gasteiger partial charge on any atom is -0.457 e. The number of nitrogens with one attached hydrogen (secondary N) is 1. The highest BCUT2D eigenvalue weighted by molar-refractivity contribution is 5.47. The van der Waals surface area contributed by atoms with Crippen molar-refractivity contribution in [2.24, 2.45) is 0 Å². The van der Waals surface area contributed by atoms with Gasteiger partial charge >= 0.3 is 0 Å². The molecule has 0 aliphatic carbocycles. The van der Waals surface area contributed by atoms with Crippen LogP contribution in [0, 0.1) is 0 Å². The zero-order chi connectivity index (χ0) is 14.3. The third-order valence-electron chi connectivity index (χ3n) is 2.95. The molecule has 0 bridgehead atoms. The first-order chi connectivity index (χ1) is 10.4. The molecule has 1 heterocycles. The van der Waals surface area contributed by atoms with E-state index in [0.29, 0.717) is 6.54 Å². The minimum absolute atomic E-state index is 0.668. The standard InChI is InChI=1S/C17H15N3O/c1-2-4-16(5-3-1)21-17-8-6-14(7-9-17)19-12-15-10-11-18-13-20-15/h1-11,13,19H,12H2. The summed E-state index contributed by atoms with van der Waals surface area (Å²) in [6.45, 7) is 0.668. The molecule has 3 aromatic rings. The van der Waals surface area contributed by atoms with Crippen molar-refractivity contribution in [1.29, 1.82) is 0 Å². The van der Waals surface area contributed by atoms with Crippen LogP contribution in [0.5, 0.6) is 11.5 Å². The van der Waals surface area contributed by atoms with Crippen LogP contribution in [0.2, 0.25) is 0 Å². The lowest BCUT2D eigenvalue weighted by molar-refractivity contribution is 0.483. The lowest BCUT2D eigenvalue weighted by Gasteiger charge is -2.08. The maximum atomic E-state index is 5.75. The summed E-state index contributed by atoms with van der Waals surface area (Å²) in [5, 5.41) is 3.31. The van der Waals surface area contributed by atoms with Crippen LogP contribution in [-0.2, 0) is 6.54 Å². The number of rotatable bonds is 5.